The molecule has 0 aliphatic carbocycles. The van der Waals surface area contributed by atoms with Crippen molar-refractivity contribution in [1.82, 2.24) is 0 Å². The first-order chi connectivity index (χ1) is 3.71. The van der Waals surface area contributed by atoms with Gasteiger partial charge in [0.2, 0.25) is 0 Å². The zero-order valence-electron chi connectivity index (χ0n) is 8.26. The normalized spacial score (nSPS) is 10.3. The minimum Gasteiger partial charge on any atom is -1.00 e. The zero-order valence-corrected chi connectivity index (χ0v) is 13.2. The van der Waals surface area contributed by atoms with E-state index in [1.165, 1.54) is 0 Å². The van der Waals surface area contributed by atoms with Gasteiger partial charge in [0.05, 0.1) is 0 Å². The van der Waals surface area contributed by atoms with E-state index in [0.717, 1.165) is 0 Å². The summed E-state index contributed by atoms with van der Waals surface area (Å²) in [7, 11) is -10.1. The van der Waals surface area contributed by atoms with Gasteiger partial charge in [-0.05, 0) is 0 Å². The summed E-state index contributed by atoms with van der Waals surface area (Å²) in [6.45, 7) is 0. The topological polar surface area (TPSA) is 124 Å². The molecular weight excluding hydrogens is 276 g/mol. The van der Waals surface area contributed by atoms with Crippen molar-refractivity contribution in [3.05, 3.63) is 0 Å². The molecule has 0 aromatic rings. The summed E-state index contributed by atoms with van der Waals surface area (Å²) < 4.78 is 22.2. The molecule has 0 saturated carbocycles. The first-order valence-electron chi connectivity index (χ1n) is 1.53. The molecule has 0 aromatic heterocycles. The van der Waals surface area contributed by atoms with Crippen LogP contribution in [0.15, 0.2) is 0 Å². The Bertz CT molecular complexity index is 168. The smallest absolute Gasteiger partial charge is 1.00 e. The van der Waals surface area contributed by atoms with Gasteiger partial charge in [0, 0.05) is 17.1 Å². The van der Waals surface area contributed by atoms with Crippen LogP contribution in [0.4, 0.5) is 0 Å². The molecule has 0 amide bonds. The third-order valence-electron chi connectivity index (χ3n) is 0.213. The van der Waals surface area contributed by atoms with Crippen molar-refractivity contribution in [1.29, 1.82) is 0 Å². The Balaban J connectivity index is -0.0000000320. The quantitative estimate of drug-likeness (QED) is 0.293. The number of hydrogen-bond acceptors (Lipinski definition) is 3. The molecule has 12 heteroatoms. The van der Waals surface area contributed by atoms with Crippen LogP contribution < -0.4 is 59.1 Å². The Hall–Kier alpha value is 2.78. The maximum absolute atomic E-state index is 9.63. The van der Waals surface area contributed by atoms with Gasteiger partial charge < -0.3 is 22.4 Å². The molecule has 0 unspecified atom stereocenters. The maximum Gasteiger partial charge on any atom is 1.00 e. The van der Waals surface area contributed by atoms with Gasteiger partial charge >= 0.3 is 74.8 Å². The van der Waals surface area contributed by atoms with Gasteiger partial charge in [0.15, 0.2) is 0 Å². The molecule has 0 spiro atoms. The van der Waals surface area contributed by atoms with E-state index in [1.54, 1.807) is 0 Å². The summed E-state index contributed by atoms with van der Waals surface area (Å²) in [5, 5.41) is 0. The van der Waals surface area contributed by atoms with Crippen LogP contribution in [0, 0.1) is 0 Å². The summed E-state index contributed by atoms with van der Waals surface area (Å²) in [5.41, 5.74) is 0. The third-order valence-corrected chi connectivity index (χ3v) is 1.91. The first-order valence-corrected chi connectivity index (χ1v) is 4.59. The van der Waals surface area contributed by atoms with Crippen molar-refractivity contribution in [2.75, 3.05) is 0 Å². The largest absolute Gasteiger partial charge is 1.00 e. The van der Waals surface area contributed by atoms with Crippen LogP contribution in [0.25, 0.3) is 0 Å². The van der Waals surface area contributed by atoms with E-state index in [1.807, 2.05) is 0 Å². The van der Waals surface area contributed by atoms with Crippen molar-refractivity contribution in [2.45, 2.75) is 0 Å². The Morgan fingerprint density at radius 1 is 0.917 bits per heavy atom. The average molecular weight is 282 g/mol. The van der Waals surface area contributed by atoms with Crippen molar-refractivity contribution in [2.24, 2.45) is 0 Å². The average Bonchev–Trinajstić information content (AvgIpc) is 1.14. The fraction of sp³-hybridized carbons (Fsp3) is 0. The van der Waals surface area contributed by atoms with Gasteiger partial charge in [-0.2, -0.15) is 4.31 Å². The molecule has 0 aliphatic rings. The van der Waals surface area contributed by atoms with E-state index in [4.69, 9.17) is 19.6 Å². The fourth-order valence-electron chi connectivity index (χ4n) is 0.139. The van der Waals surface area contributed by atoms with E-state index in [9.17, 15) is 9.13 Å². The van der Waals surface area contributed by atoms with Crippen molar-refractivity contribution in [3.63, 3.8) is 0 Å². The number of hydrogen-bond donors (Lipinski definition) is 4. The van der Waals surface area contributed by atoms with E-state index in [-0.39, 0.29) is 79.0 Å². The second-order valence-electron chi connectivity index (χ2n) is 1.06. The van der Waals surface area contributed by atoms with Crippen LogP contribution >= 0.6 is 15.6 Å². The van der Waals surface area contributed by atoms with Gasteiger partial charge in [-0.1, -0.05) is 0 Å². The standard InChI is InChI=1S/Fe.2Na.H4O7P2.2H/c;;;1-8(2,3)7-9(4,5)6;;/h;;;(H2,1,2,3)(H2,4,5,6);;/q;2*+1;;2*-1. The maximum atomic E-state index is 9.63. The molecular formula is H6FeNa2O7P2. The molecule has 0 bridgehead atoms. The molecule has 12 heavy (non-hydrogen) atoms. The fourth-order valence-corrected chi connectivity index (χ4v) is 1.25. The van der Waals surface area contributed by atoms with Crippen molar-refractivity contribution in [3.8, 4) is 0 Å². The molecule has 0 radical (unpaired) electrons. The van der Waals surface area contributed by atoms with Gasteiger partial charge in [-0.15, -0.1) is 0 Å². The molecule has 0 aromatic carbocycles. The third kappa shape index (κ3) is 23.0. The number of rotatable bonds is 2. The Kier molecular flexibility index (Phi) is 18.2. The predicted octanol–water partition coefficient (Wildman–Crippen LogP) is -6.58. The van der Waals surface area contributed by atoms with E-state index in [0.29, 0.717) is 0 Å². The second-order valence-corrected chi connectivity index (χ2v) is 3.68. The van der Waals surface area contributed by atoms with Crippen LogP contribution in [-0.2, 0) is 30.5 Å². The minimum absolute atomic E-state index is 0. The van der Waals surface area contributed by atoms with E-state index >= 15 is 0 Å². The summed E-state index contributed by atoms with van der Waals surface area (Å²) in [4.78, 5) is 31.0. The van der Waals surface area contributed by atoms with Gasteiger partial charge in [0.25, 0.3) is 0 Å². The van der Waals surface area contributed by atoms with E-state index in [2.05, 4.69) is 4.31 Å². The monoisotopic (exact) mass is 282 g/mol. The Labute approximate surface area is 126 Å². The van der Waals surface area contributed by atoms with Gasteiger partial charge in [-0.3, -0.25) is 0 Å². The summed E-state index contributed by atoms with van der Waals surface area (Å²) in [6.07, 6.45) is 0. The summed E-state index contributed by atoms with van der Waals surface area (Å²) in [6, 6.07) is 0. The summed E-state index contributed by atoms with van der Waals surface area (Å²) >= 11 is 0. The van der Waals surface area contributed by atoms with Crippen LogP contribution in [0.5, 0.6) is 0 Å². The summed E-state index contributed by atoms with van der Waals surface area (Å²) in [5.74, 6) is 0. The molecule has 0 heterocycles. The van der Waals surface area contributed by atoms with Crippen molar-refractivity contribution < 1.29 is 112 Å². The van der Waals surface area contributed by atoms with Gasteiger partial charge in [-0.25, -0.2) is 9.13 Å². The van der Waals surface area contributed by atoms with Crippen LogP contribution in [0.2, 0.25) is 0 Å². The molecule has 0 aliphatic heterocycles. The Morgan fingerprint density at radius 3 is 1.08 bits per heavy atom. The molecule has 0 fully saturated rings. The predicted molar refractivity (Wildman–Crippen MR) is 27.4 cm³/mol. The van der Waals surface area contributed by atoms with Crippen LogP contribution in [0.3, 0.4) is 0 Å². The Morgan fingerprint density at radius 2 is 1.08 bits per heavy atom. The molecule has 7 nitrogen and oxygen atoms in total. The minimum atomic E-state index is -5.05. The van der Waals surface area contributed by atoms with Crippen LogP contribution in [0.1, 0.15) is 2.85 Å². The van der Waals surface area contributed by atoms with Crippen LogP contribution in [-0.4, -0.2) is 19.6 Å². The molecule has 68 valence electrons. The molecule has 0 rings (SSSR count). The molecule has 0 saturated heterocycles. The zero-order chi connectivity index (χ0) is 7.71. The van der Waals surface area contributed by atoms with Gasteiger partial charge in [0.1, 0.15) is 0 Å². The molecule has 4 N–H and O–H groups in total. The first kappa shape index (κ1) is 24.2. The molecule has 0 atom stereocenters. The van der Waals surface area contributed by atoms with E-state index < -0.39 is 15.6 Å². The SMILES string of the molecule is O=P(O)(O)OP(=O)(O)O.[Fe].[H-].[H-].[Na+].[Na+]. The van der Waals surface area contributed by atoms with Crippen molar-refractivity contribution >= 4 is 15.6 Å². The second kappa shape index (κ2) is 9.04. The number of phosphoric acid groups is 2.